The van der Waals surface area contributed by atoms with Crippen molar-refractivity contribution in [3.63, 3.8) is 0 Å². The maximum absolute atomic E-state index is 13.0. The van der Waals surface area contributed by atoms with Crippen LogP contribution in [0.3, 0.4) is 0 Å². The van der Waals surface area contributed by atoms with Crippen LogP contribution in [0, 0.1) is 0 Å². The first kappa shape index (κ1) is 22.3. The van der Waals surface area contributed by atoms with Gasteiger partial charge < -0.3 is 10.2 Å². The molecule has 3 aromatic rings. The van der Waals surface area contributed by atoms with Crippen LogP contribution >= 0.6 is 12.4 Å². The number of piperazine rings is 1. The van der Waals surface area contributed by atoms with Crippen molar-refractivity contribution in [1.82, 2.24) is 10.3 Å². The van der Waals surface area contributed by atoms with E-state index in [4.69, 9.17) is 0 Å². The van der Waals surface area contributed by atoms with Gasteiger partial charge in [-0.25, -0.2) is 13.4 Å². The number of benzene rings is 2. The van der Waals surface area contributed by atoms with E-state index < -0.39 is 26.5 Å². The summed E-state index contributed by atoms with van der Waals surface area (Å²) >= 11 is 0. The molecular formula is C20H19ClF3N3O2S. The van der Waals surface area contributed by atoms with Gasteiger partial charge in [-0.1, -0.05) is 18.2 Å². The predicted octanol–water partition coefficient (Wildman–Crippen LogP) is 3.92. The largest absolute Gasteiger partial charge is 0.416 e. The van der Waals surface area contributed by atoms with Crippen molar-refractivity contribution >= 4 is 38.8 Å². The molecule has 1 aliphatic heterocycles. The molecular weight excluding hydrogens is 439 g/mol. The van der Waals surface area contributed by atoms with Gasteiger partial charge in [-0.3, -0.25) is 0 Å². The van der Waals surface area contributed by atoms with Gasteiger partial charge in [0.15, 0.2) is 5.03 Å². The summed E-state index contributed by atoms with van der Waals surface area (Å²) in [4.78, 5) is 6.04. The van der Waals surface area contributed by atoms with E-state index in [0.717, 1.165) is 55.5 Å². The van der Waals surface area contributed by atoms with Crippen LogP contribution < -0.4 is 10.2 Å². The van der Waals surface area contributed by atoms with Crippen LogP contribution in [0.15, 0.2) is 64.5 Å². The number of para-hydroxylation sites is 1. The summed E-state index contributed by atoms with van der Waals surface area (Å²) in [5.41, 5.74) is 0.313. The Morgan fingerprint density at radius 1 is 0.967 bits per heavy atom. The van der Waals surface area contributed by atoms with Crippen LogP contribution in [0.2, 0.25) is 0 Å². The van der Waals surface area contributed by atoms with Crippen molar-refractivity contribution in [2.75, 3.05) is 31.1 Å². The van der Waals surface area contributed by atoms with E-state index in [1.165, 1.54) is 6.07 Å². The second-order valence-corrected chi connectivity index (χ2v) is 8.66. The Labute approximate surface area is 178 Å². The Morgan fingerprint density at radius 3 is 2.37 bits per heavy atom. The van der Waals surface area contributed by atoms with Gasteiger partial charge in [0.2, 0.25) is 9.84 Å². The minimum absolute atomic E-state index is 0. The third-order valence-corrected chi connectivity index (χ3v) is 6.53. The molecule has 5 nitrogen and oxygen atoms in total. The quantitative estimate of drug-likeness (QED) is 0.646. The molecule has 1 saturated heterocycles. The van der Waals surface area contributed by atoms with E-state index in [1.807, 2.05) is 18.2 Å². The summed E-state index contributed by atoms with van der Waals surface area (Å²) in [5, 5.41) is 3.75. The number of aromatic nitrogens is 1. The smallest absolute Gasteiger partial charge is 0.367 e. The van der Waals surface area contributed by atoms with E-state index >= 15 is 0 Å². The second-order valence-electron chi connectivity index (χ2n) is 6.76. The van der Waals surface area contributed by atoms with Gasteiger partial charge in [-0.05, 0) is 36.4 Å². The number of anilines is 1. The van der Waals surface area contributed by atoms with Gasteiger partial charge in [0, 0.05) is 31.6 Å². The fourth-order valence-electron chi connectivity index (χ4n) is 3.38. The molecule has 0 spiro atoms. The molecule has 1 N–H and O–H groups in total. The highest BCUT2D eigenvalue weighted by Gasteiger charge is 2.32. The van der Waals surface area contributed by atoms with Crippen LogP contribution in [0.4, 0.5) is 18.9 Å². The lowest BCUT2D eigenvalue weighted by atomic mass is 10.1. The zero-order chi connectivity index (χ0) is 20.6. The van der Waals surface area contributed by atoms with E-state index in [0.29, 0.717) is 11.6 Å². The molecule has 0 saturated carbocycles. The van der Waals surface area contributed by atoms with Gasteiger partial charge in [0.1, 0.15) is 0 Å². The molecule has 30 heavy (non-hydrogen) atoms. The van der Waals surface area contributed by atoms with Crippen LogP contribution in [0.25, 0.3) is 10.9 Å². The summed E-state index contributed by atoms with van der Waals surface area (Å²) in [5.74, 6) is 0. The van der Waals surface area contributed by atoms with Crippen molar-refractivity contribution < 1.29 is 21.6 Å². The number of pyridine rings is 1. The molecule has 0 bridgehead atoms. The van der Waals surface area contributed by atoms with Crippen LogP contribution in [0.1, 0.15) is 5.56 Å². The van der Waals surface area contributed by atoms with Gasteiger partial charge in [0.25, 0.3) is 0 Å². The van der Waals surface area contributed by atoms with E-state index in [9.17, 15) is 21.6 Å². The molecule has 0 atom stereocenters. The molecule has 4 rings (SSSR count). The van der Waals surface area contributed by atoms with Gasteiger partial charge in [-0.2, -0.15) is 13.2 Å². The van der Waals surface area contributed by atoms with E-state index in [1.54, 1.807) is 6.07 Å². The number of fused-ring (bicyclic) bond motifs is 1. The fourth-order valence-corrected chi connectivity index (χ4v) is 4.62. The maximum atomic E-state index is 13.0. The number of alkyl halides is 3. The Balaban J connectivity index is 0.00000256. The number of sulfone groups is 1. The number of hydrogen-bond acceptors (Lipinski definition) is 5. The Bertz CT molecular complexity index is 1160. The van der Waals surface area contributed by atoms with E-state index in [-0.39, 0.29) is 17.4 Å². The highest BCUT2D eigenvalue weighted by atomic mass is 35.5. The highest BCUT2D eigenvalue weighted by Crippen LogP contribution is 2.33. The molecule has 0 radical (unpaired) electrons. The van der Waals surface area contributed by atoms with Gasteiger partial charge >= 0.3 is 6.18 Å². The summed E-state index contributed by atoms with van der Waals surface area (Å²) < 4.78 is 65.0. The molecule has 1 fully saturated rings. The minimum Gasteiger partial charge on any atom is -0.367 e. The summed E-state index contributed by atoms with van der Waals surface area (Å²) in [6, 6.07) is 12.3. The molecule has 160 valence electrons. The summed E-state index contributed by atoms with van der Waals surface area (Å²) in [6.45, 7) is 3.12. The number of rotatable bonds is 3. The second kappa shape index (κ2) is 8.41. The maximum Gasteiger partial charge on any atom is 0.416 e. The standard InChI is InChI=1S/C20H18F3N3O2S.ClH/c21-20(22,23)15-4-2-5-16(13-15)29(27,28)18-8-7-14-3-1-6-17(19(14)25-18)26-11-9-24-10-12-26;/h1-8,13,24H,9-12H2;1H. The monoisotopic (exact) mass is 457 g/mol. The molecule has 2 aromatic carbocycles. The Hall–Kier alpha value is -2.36. The number of nitrogens with zero attached hydrogens (tertiary/aromatic N) is 2. The minimum atomic E-state index is -4.63. The van der Waals surface area contributed by atoms with E-state index in [2.05, 4.69) is 15.2 Å². The first-order valence-corrected chi connectivity index (χ1v) is 10.5. The Kier molecular flexibility index (Phi) is 6.26. The van der Waals surface area contributed by atoms with Gasteiger partial charge in [-0.15, -0.1) is 12.4 Å². The normalized spacial score (nSPS) is 15.1. The van der Waals surface area contributed by atoms with Crippen molar-refractivity contribution in [3.05, 3.63) is 60.2 Å². The molecule has 2 heterocycles. The zero-order valence-corrected chi connectivity index (χ0v) is 17.3. The Morgan fingerprint density at radius 2 is 1.67 bits per heavy atom. The van der Waals surface area contributed by atoms with Crippen molar-refractivity contribution in [2.45, 2.75) is 16.1 Å². The van der Waals surface area contributed by atoms with Crippen LogP contribution in [-0.4, -0.2) is 39.6 Å². The average molecular weight is 458 g/mol. The summed E-state index contributed by atoms with van der Waals surface area (Å²) in [6.07, 6.45) is -4.63. The number of halogens is 4. The fraction of sp³-hybridized carbons (Fsp3) is 0.250. The predicted molar refractivity (Wildman–Crippen MR) is 111 cm³/mol. The van der Waals surface area contributed by atoms with Crippen LogP contribution in [-0.2, 0) is 16.0 Å². The third-order valence-electron chi connectivity index (χ3n) is 4.88. The summed E-state index contributed by atoms with van der Waals surface area (Å²) in [7, 11) is -4.20. The topological polar surface area (TPSA) is 62.3 Å². The average Bonchev–Trinajstić information content (AvgIpc) is 2.73. The molecule has 1 aromatic heterocycles. The molecule has 1 aliphatic rings. The number of hydrogen-bond donors (Lipinski definition) is 1. The molecule has 10 heteroatoms. The SMILES string of the molecule is Cl.O=S(=O)(c1cccc(C(F)(F)F)c1)c1ccc2cccc(N3CCNCC3)c2n1. The third kappa shape index (κ3) is 4.23. The molecule has 0 unspecified atom stereocenters. The lowest BCUT2D eigenvalue weighted by molar-refractivity contribution is -0.137. The van der Waals surface area contributed by atoms with Crippen molar-refractivity contribution in [2.24, 2.45) is 0 Å². The van der Waals surface area contributed by atoms with Gasteiger partial charge in [0.05, 0.1) is 21.7 Å². The molecule has 0 aliphatic carbocycles. The molecule has 0 amide bonds. The lowest BCUT2D eigenvalue weighted by Gasteiger charge is -2.30. The lowest BCUT2D eigenvalue weighted by Crippen LogP contribution is -2.43. The first-order chi connectivity index (χ1) is 13.8. The van der Waals surface area contributed by atoms with Crippen LogP contribution in [0.5, 0.6) is 0 Å². The first-order valence-electron chi connectivity index (χ1n) is 9.04. The zero-order valence-electron chi connectivity index (χ0n) is 15.7. The number of nitrogens with one attached hydrogen (secondary N) is 1. The van der Waals surface area contributed by atoms with Crippen molar-refractivity contribution in [1.29, 1.82) is 0 Å². The van der Waals surface area contributed by atoms with Crippen molar-refractivity contribution in [3.8, 4) is 0 Å². The highest BCUT2D eigenvalue weighted by molar-refractivity contribution is 7.91.